The molecule has 10 rings (SSSR count). The number of likely N-dealkylation sites (tertiary alicyclic amines) is 1. The third-order valence-corrected chi connectivity index (χ3v) is 18.6. The first-order valence-electron chi connectivity index (χ1n) is 27.9. The van der Waals surface area contributed by atoms with Gasteiger partial charge in [0.25, 0.3) is 5.91 Å². The number of aliphatic hydroxyl groups excluding tert-OH is 2. The zero-order chi connectivity index (χ0) is 57.5. The van der Waals surface area contributed by atoms with Crippen LogP contribution in [-0.4, -0.2) is 96.2 Å². The zero-order valence-corrected chi connectivity index (χ0v) is 48.8. The van der Waals surface area contributed by atoms with E-state index in [9.17, 15) is 34.5 Å². The number of hydrogen-bond acceptors (Lipinski definition) is 14. The predicted octanol–water partition coefficient (Wildman–Crippen LogP) is 10.2. The minimum Gasteiger partial charge on any atom is -0.490 e. The Morgan fingerprint density at radius 1 is 0.827 bits per heavy atom. The molecule has 4 amide bonds. The molecule has 1 aliphatic carbocycles. The highest BCUT2D eigenvalue weighted by Crippen LogP contribution is 2.42. The van der Waals surface area contributed by atoms with Crippen molar-refractivity contribution in [3.8, 4) is 27.3 Å². The van der Waals surface area contributed by atoms with Crippen LogP contribution in [0.3, 0.4) is 0 Å². The molecule has 1 saturated heterocycles. The molecule has 1 saturated carbocycles. The molecule has 7 aromatic rings. The first kappa shape index (κ1) is 57.2. The standard InChI is InChI=1S/C63H72N8O8S2/c1-35-44(45-27-28-52(67-53(45)59(76)77)70-30-29-39-13-11-15-46(47(39)33-70)56(73)69-61-66-48-16-9-10-18-51(48)81-61)14-12-17-50(35)79-43-25-23-41(24-26-43)63(7,8)60(78)68-55(62(4,5)6)58(75)71-32-42(72)31-49(71)57(74)65-36(2)38-19-21-40(22-20-38)54-37(3)64-34-80-54/h9-22,27-28,34,36,41-43,49,55,59,72,76-77H,23-26,29-33H2,1-8H3,(H,65,74)(H,68,78)(H,66,69,73)/t36-,41?,42+,43?,49-,55+/m0/s1. The molecular formula is C63H72N8O8S2. The van der Waals surface area contributed by atoms with E-state index < -0.39 is 41.2 Å². The van der Waals surface area contributed by atoms with Gasteiger partial charge in [-0.05, 0) is 134 Å². The van der Waals surface area contributed by atoms with Crippen LogP contribution in [0.1, 0.15) is 130 Å². The number of aromatic nitrogens is 3. The van der Waals surface area contributed by atoms with E-state index in [2.05, 4.69) is 30.8 Å². The number of hydrogen-bond donors (Lipinski definition) is 6. The third kappa shape index (κ3) is 12.1. The number of amides is 4. The van der Waals surface area contributed by atoms with E-state index >= 15 is 0 Å². The van der Waals surface area contributed by atoms with Crippen LogP contribution >= 0.6 is 22.7 Å². The van der Waals surface area contributed by atoms with Gasteiger partial charge in [0, 0.05) is 42.6 Å². The minimum atomic E-state index is -1.87. The van der Waals surface area contributed by atoms with E-state index in [1.54, 1.807) is 11.3 Å². The van der Waals surface area contributed by atoms with Gasteiger partial charge in [0.05, 0.1) is 44.5 Å². The van der Waals surface area contributed by atoms with Crippen molar-refractivity contribution in [3.05, 3.63) is 142 Å². The molecular weight excluding hydrogens is 1060 g/mol. The summed E-state index contributed by atoms with van der Waals surface area (Å²) in [5.74, 6) is -0.0720. The number of fused-ring (bicyclic) bond motifs is 2. The number of para-hydroxylation sites is 1. The summed E-state index contributed by atoms with van der Waals surface area (Å²) >= 11 is 3.00. The molecule has 424 valence electrons. The van der Waals surface area contributed by atoms with Gasteiger partial charge in [0.15, 0.2) is 11.4 Å². The van der Waals surface area contributed by atoms with Gasteiger partial charge in [0.2, 0.25) is 17.7 Å². The van der Waals surface area contributed by atoms with E-state index in [0.29, 0.717) is 73.0 Å². The van der Waals surface area contributed by atoms with Crippen LogP contribution in [0.4, 0.5) is 10.9 Å². The summed E-state index contributed by atoms with van der Waals surface area (Å²) in [7, 11) is 0. The Labute approximate surface area is 481 Å². The van der Waals surface area contributed by atoms with Gasteiger partial charge in [-0.2, -0.15) is 0 Å². The average molecular weight is 1130 g/mol. The number of aliphatic hydroxyl groups is 3. The maximum Gasteiger partial charge on any atom is 0.257 e. The molecule has 2 fully saturated rings. The Kier molecular flexibility index (Phi) is 16.5. The second kappa shape index (κ2) is 23.4. The highest BCUT2D eigenvalue weighted by molar-refractivity contribution is 7.22. The van der Waals surface area contributed by atoms with Crippen molar-refractivity contribution in [3.63, 3.8) is 0 Å². The lowest BCUT2D eigenvalue weighted by atomic mass is 9.69. The number of anilines is 2. The predicted molar refractivity (Wildman–Crippen MR) is 317 cm³/mol. The fraction of sp³-hybridized carbons (Fsp3) is 0.413. The number of carbonyl (C=O) groups excluding carboxylic acids is 4. The Bertz CT molecular complexity index is 3440. The average Bonchev–Trinajstić information content (AvgIpc) is 4.26. The lowest BCUT2D eigenvalue weighted by Crippen LogP contribution is -2.60. The van der Waals surface area contributed by atoms with Crippen LogP contribution < -0.4 is 25.6 Å². The number of aryl methyl sites for hydroxylation is 1. The summed E-state index contributed by atoms with van der Waals surface area (Å²) in [4.78, 5) is 75.1. The second-order valence-electron chi connectivity index (χ2n) is 23.6. The van der Waals surface area contributed by atoms with E-state index in [0.717, 1.165) is 54.2 Å². The molecule has 16 nitrogen and oxygen atoms in total. The SMILES string of the molecule is Cc1ncsc1-c1ccc([C@H](C)NC(=O)[C@@H]2C[C@@H](O)CN2C(=O)[C@@H](NC(=O)C(C)(C)C2CCC(Oc3cccc(-c4ccc(N5CCc6cccc(C(=O)Nc7nc8ccccc8s7)c6C5)nc4C(O)O)c3C)CC2)C(C)(C)C)cc1. The molecule has 0 radical (unpaired) electrons. The lowest BCUT2D eigenvalue weighted by molar-refractivity contribution is -0.146. The van der Waals surface area contributed by atoms with Gasteiger partial charge in [-0.25, -0.2) is 15.0 Å². The summed E-state index contributed by atoms with van der Waals surface area (Å²) < 4.78 is 7.70. The quantitative estimate of drug-likeness (QED) is 0.0529. The Morgan fingerprint density at radius 3 is 2.27 bits per heavy atom. The molecule has 18 heteroatoms. The van der Waals surface area contributed by atoms with E-state index in [4.69, 9.17) is 9.72 Å². The number of benzene rings is 4. The van der Waals surface area contributed by atoms with Gasteiger partial charge in [-0.3, -0.25) is 24.5 Å². The summed E-state index contributed by atoms with van der Waals surface area (Å²) in [5, 5.41) is 42.2. The van der Waals surface area contributed by atoms with Crippen LogP contribution in [0, 0.1) is 30.6 Å². The normalized spacial score (nSPS) is 19.3. The molecule has 0 unspecified atom stereocenters. The van der Waals surface area contributed by atoms with Crippen molar-refractivity contribution < 1.29 is 39.2 Å². The summed E-state index contributed by atoms with van der Waals surface area (Å²) in [5.41, 5.74) is 8.69. The van der Waals surface area contributed by atoms with Gasteiger partial charge in [-0.15, -0.1) is 11.3 Å². The van der Waals surface area contributed by atoms with Crippen molar-refractivity contribution in [2.75, 3.05) is 23.3 Å². The summed E-state index contributed by atoms with van der Waals surface area (Å²) in [6.45, 7) is 16.3. The molecule has 6 N–H and O–H groups in total. The minimum absolute atomic E-state index is 0.0195. The van der Waals surface area contributed by atoms with Crippen LogP contribution in [0.15, 0.2) is 103 Å². The maximum atomic E-state index is 14.6. The lowest BCUT2D eigenvalue weighted by Gasteiger charge is -2.41. The van der Waals surface area contributed by atoms with Crippen molar-refractivity contribution in [1.29, 1.82) is 0 Å². The number of β-amino-alcohol motifs (C(OH)–C–C–N with tert-alkyl or cyclic N) is 1. The summed E-state index contributed by atoms with van der Waals surface area (Å²) in [6.07, 6.45) is 0.622. The third-order valence-electron chi connectivity index (χ3n) is 16.7. The number of nitrogens with zero attached hydrogens (tertiary/aromatic N) is 5. The second-order valence-corrected chi connectivity index (χ2v) is 25.4. The molecule has 4 atom stereocenters. The Hall–Kier alpha value is -7.09. The van der Waals surface area contributed by atoms with Crippen LogP contribution in [-0.2, 0) is 27.3 Å². The molecule has 4 aromatic carbocycles. The number of thiazole rings is 2. The summed E-state index contributed by atoms with van der Waals surface area (Å²) in [6, 6.07) is 28.7. The smallest absolute Gasteiger partial charge is 0.257 e. The molecule has 3 aromatic heterocycles. The largest absolute Gasteiger partial charge is 0.490 e. The van der Waals surface area contributed by atoms with Gasteiger partial charge >= 0.3 is 0 Å². The van der Waals surface area contributed by atoms with Crippen molar-refractivity contribution in [1.82, 2.24) is 30.5 Å². The maximum absolute atomic E-state index is 14.6. The highest BCUT2D eigenvalue weighted by atomic mass is 32.1. The zero-order valence-electron chi connectivity index (χ0n) is 47.2. The van der Waals surface area contributed by atoms with Gasteiger partial charge < -0.3 is 40.5 Å². The van der Waals surface area contributed by atoms with Crippen molar-refractivity contribution >= 4 is 67.5 Å². The number of rotatable bonds is 15. The molecule has 3 aliphatic rings. The fourth-order valence-corrected chi connectivity index (χ4v) is 13.5. The molecule has 0 spiro atoms. The number of ether oxygens (including phenoxy) is 1. The van der Waals surface area contributed by atoms with E-state index in [1.807, 2.05) is 158 Å². The first-order chi connectivity index (χ1) is 38.6. The number of pyridine rings is 1. The first-order valence-corrected chi connectivity index (χ1v) is 29.6. The van der Waals surface area contributed by atoms with Crippen molar-refractivity contribution in [2.24, 2.45) is 16.7 Å². The molecule has 2 aliphatic heterocycles. The van der Waals surface area contributed by atoms with E-state index in [1.165, 1.54) is 16.2 Å². The number of nitrogens with one attached hydrogen (secondary N) is 3. The molecule has 5 heterocycles. The van der Waals surface area contributed by atoms with Crippen molar-refractivity contribution in [2.45, 2.75) is 137 Å². The Morgan fingerprint density at radius 2 is 1.57 bits per heavy atom. The van der Waals surface area contributed by atoms with Gasteiger partial charge in [0.1, 0.15) is 29.3 Å². The van der Waals surface area contributed by atoms with Crippen LogP contribution in [0.5, 0.6) is 5.75 Å². The monoisotopic (exact) mass is 1130 g/mol. The van der Waals surface area contributed by atoms with Gasteiger partial charge in [-0.1, -0.05) is 107 Å². The fourth-order valence-electron chi connectivity index (χ4n) is 11.8. The molecule has 81 heavy (non-hydrogen) atoms. The Balaban J connectivity index is 0.762. The number of carbonyl (C=O) groups is 4. The molecule has 0 bridgehead atoms. The highest BCUT2D eigenvalue weighted by Gasteiger charge is 2.47. The topological polar surface area (TPSA) is 219 Å². The van der Waals surface area contributed by atoms with E-state index in [-0.39, 0.29) is 54.4 Å². The van der Waals surface area contributed by atoms with Crippen LogP contribution in [0.2, 0.25) is 0 Å². The van der Waals surface area contributed by atoms with Crippen LogP contribution in [0.25, 0.3) is 31.8 Å².